The average Bonchev–Trinajstić information content (AvgIpc) is 2.68. The number of amides is 3. The lowest BCUT2D eigenvalue weighted by molar-refractivity contribution is -0.149. The largest absolute Gasteiger partial charge is 0.479 e. The standard InChI is InChI=1S/C18H31N3O6/c1-2-6-13(14(22)15(23)24)19-16(25)18(7-4-3-5-8-18)20-17(26)21-9-11-27-12-10-21/h13-14,22H,2-12H2,1H3,(H,19,25)(H,20,26)(H,23,24)/t13-,14?/m0/s1. The van der Waals surface area contributed by atoms with E-state index in [1.165, 1.54) is 0 Å². The molecule has 0 aromatic rings. The average molecular weight is 385 g/mol. The van der Waals surface area contributed by atoms with Crippen molar-refractivity contribution >= 4 is 17.9 Å². The number of aliphatic hydroxyl groups is 1. The molecule has 1 aliphatic heterocycles. The highest BCUT2D eigenvalue weighted by Crippen LogP contribution is 2.29. The number of carbonyl (C=O) groups excluding carboxylic acids is 2. The summed E-state index contributed by atoms with van der Waals surface area (Å²) in [5.74, 6) is -1.79. The number of hydrogen-bond donors (Lipinski definition) is 4. The Hall–Kier alpha value is -1.87. The minimum absolute atomic E-state index is 0.304. The maximum Gasteiger partial charge on any atom is 0.334 e. The molecule has 0 aromatic carbocycles. The van der Waals surface area contributed by atoms with E-state index < -0.39 is 29.6 Å². The number of hydrogen-bond acceptors (Lipinski definition) is 5. The van der Waals surface area contributed by atoms with Crippen molar-refractivity contribution < 1.29 is 29.3 Å². The van der Waals surface area contributed by atoms with Gasteiger partial charge < -0.3 is 30.5 Å². The third-order valence-electron chi connectivity index (χ3n) is 5.34. The molecule has 3 amide bonds. The second-order valence-electron chi connectivity index (χ2n) is 7.32. The van der Waals surface area contributed by atoms with Gasteiger partial charge in [-0.2, -0.15) is 0 Å². The Morgan fingerprint density at radius 1 is 1.15 bits per heavy atom. The molecule has 0 spiro atoms. The summed E-state index contributed by atoms with van der Waals surface area (Å²) in [6.45, 7) is 3.73. The molecule has 2 fully saturated rings. The number of nitrogens with one attached hydrogen (secondary N) is 2. The first-order valence-corrected chi connectivity index (χ1v) is 9.76. The Bertz CT molecular complexity index is 529. The SMILES string of the molecule is CCC[C@H](NC(=O)C1(NC(=O)N2CCOCC2)CCCCC1)C(O)C(=O)O. The number of carbonyl (C=O) groups is 3. The van der Waals surface area contributed by atoms with Gasteiger partial charge in [0.05, 0.1) is 19.3 Å². The van der Waals surface area contributed by atoms with E-state index in [0.717, 1.165) is 19.3 Å². The summed E-state index contributed by atoms with van der Waals surface area (Å²) in [7, 11) is 0. The number of aliphatic hydroxyl groups excluding tert-OH is 1. The van der Waals surface area contributed by atoms with Gasteiger partial charge in [0.25, 0.3) is 0 Å². The van der Waals surface area contributed by atoms with Gasteiger partial charge in [0.1, 0.15) is 5.54 Å². The smallest absolute Gasteiger partial charge is 0.334 e. The van der Waals surface area contributed by atoms with Crippen LogP contribution in [0.2, 0.25) is 0 Å². The number of ether oxygens (including phenoxy) is 1. The van der Waals surface area contributed by atoms with Crippen molar-refractivity contribution in [2.45, 2.75) is 69.6 Å². The second kappa shape index (κ2) is 9.89. The van der Waals surface area contributed by atoms with Gasteiger partial charge in [-0.25, -0.2) is 9.59 Å². The number of rotatable bonds is 7. The highest BCUT2D eigenvalue weighted by atomic mass is 16.5. The first-order chi connectivity index (χ1) is 12.9. The summed E-state index contributed by atoms with van der Waals surface area (Å²) >= 11 is 0. The number of urea groups is 1. The van der Waals surface area contributed by atoms with Gasteiger partial charge in [0.15, 0.2) is 6.10 Å². The van der Waals surface area contributed by atoms with Gasteiger partial charge in [0, 0.05) is 13.1 Å². The maximum atomic E-state index is 13.1. The van der Waals surface area contributed by atoms with Crippen molar-refractivity contribution in [1.82, 2.24) is 15.5 Å². The van der Waals surface area contributed by atoms with Crippen molar-refractivity contribution in [3.63, 3.8) is 0 Å². The fraction of sp³-hybridized carbons (Fsp3) is 0.833. The summed E-state index contributed by atoms with van der Waals surface area (Å²) in [4.78, 5) is 38.5. The molecule has 0 aromatic heterocycles. The topological polar surface area (TPSA) is 128 Å². The molecule has 0 radical (unpaired) electrons. The van der Waals surface area contributed by atoms with Gasteiger partial charge in [-0.05, 0) is 19.3 Å². The van der Waals surface area contributed by atoms with E-state index in [-0.39, 0.29) is 6.03 Å². The molecule has 0 bridgehead atoms. The molecule has 2 atom stereocenters. The van der Waals surface area contributed by atoms with Gasteiger partial charge >= 0.3 is 12.0 Å². The molecule has 1 unspecified atom stereocenters. The quantitative estimate of drug-likeness (QED) is 0.504. The molecule has 9 heteroatoms. The van der Waals surface area contributed by atoms with E-state index in [1.54, 1.807) is 4.90 Å². The zero-order valence-electron chi connectivity index (χ0n) is 15.9. The van der Waals surface area contributed by atoms with Crippen LogP contribution in [0, 0.1) is 0 Å². The van der Waals surface area contributed by atoms with E-state index in [2.05, 4.69) is 10.6 Å². The Balaban J connectivity index is 2.11. The van der Waals surface area contributed by atoms with Crippen LogP contribution < -0.4 is 10.6 Å². The third-order valence-corrected chi connectivity index (χ3v) is 5.34. The molecule has 9 nitrogen and oxygen atoms in total. The number of morpholine rings is 1. The molecule has 27 heavy (non-hydrogen) atoms. The zero-order chi connectivity index (χ0) is 19.9. The normalized spacial score (nSPS) is 21.8. The van der Waals surface area contributed by atoms with Crippen LogP contribution in [0.25, 0.3) is 0 Å². The Morgan fingerprint density at radius 3 is 2.33 bits per heavy atom. The summed E-state index contributed by atoms with van der Waals surface area (Å²) in [6, 6.07) is -1.19. The van der Waals surface area contributed by atoms with Crippen LogP contribution in [0.15, 0.2) is 0 Å². The van der Waals surface area contributed by atoms with Crippen molar-refractivity contribution in [3.8, 4) is 0 Å². The predicted molar refractivity (Wildman–Crippen MR) is 97.2 cm³/mol. The molecule has 1 heterocycles. The van der Waals surface area contributed by atoms with Crippen molar-refractivity contribution in [2.24, 2.45) is 0 Å². The molecule has 1 aliphatic carbocycles. The lowest BCUT2D eigenvalue weighted by Gasteiger charge is -2.40. The molecule has 2 rings (SSSR count). The molecule has 1 saturated carbocycles. The highest BCUT2D eigenvalue weighted by molar-refractivity contribution is 5.91. The van der Waals surface area contributed by atoms with E-state index >= 15 is 0 Å². The first-order valence-electron chi connectivity index (χ1n) is 9.76. The lowest BCUT2D eigenvalue weighted by Crippen LogP contribution is -2.64. The fourth-order valence-electron chi connectivity index (χ4n) is 3.71. The van der Waals surface area contributed by atoms with Crippen molar-refractivity contribution in [3.05, 3.63) is 0 Å². The van der Waals surface area contributed by atoms with Crippen LogP contribution in [0.5, 0.6) is 0 Å². The summed E-state index contributed by atoms with van der Waals surface area (Å²) in [6.07, 6.45) is 2.86. The zero-order valence-corrected chi connectivity index (χ0v) is 15.9. The number of aliphatic carboxylic acids is 1. The highest BCUT2D eigenvalue weighted by Gasteiger charge is 2.43. The molecular weight excluding hydrogens is 354 g/mol. The third kappa shape index (κ3) is 5.55. The van der Waals surface area contributed by atoms with E-state index in [4.69, 9.17) is 9.84 Å². The lowest BCUT2D eigenvalue weighted by atomic mass is 9.80. The predicted octanol–water partition coefficient (Wildman–Crippen LogP) is 0.462. The molecule has 2 aliphatic rings. The van der Waals surface area contributed by atoms with Gasteiger partial charge in [-0.3, -0.25) is 4.79 Å². The van der Waals surface area contributed by atoms with Gasteiger partial charge in [-0.15, -0.1) is 0 Å². The van der Waals surface area contributed by atoms with Crippen LogP contribution in [0.4, 0.5) is 4.79 Å². The summed E-state index contributed by atoms with van der Waals surface area (Å²) in [5, 5.41) is 24.6. The fourth-order valence-corrected chi connectivity index (χ4v) is 3.71. The van der Waals surface area contributed by atoms with E-state index in [0.29, 0.717) is 52.0 Å². The van der Waals surface area contributed by atoms with Crippen LogP contribution in [-0.4, -0.2) is 77.0 Å². The van der Waals surface area contributed by atoms with E-state index in [1.807, 2.05) is 6.92 Å². The van der Waals surface area contributed by atoms with Crippen molar-refractivity contribution in [1.29, 1.82) is 0 Å². The number of carboxylic acid groups (broad SMARTS) is 1. The van der Waals surface area contributed by atoms with Crippen LogP contribution in [0.1, 0.15) is 51.9 Å². The Kier molecular flexibility index (Phi) is 7.85. The van der Waals surface area contributed by atoms with Crippen LogP contribution in [0.3, 0.4) is 0 Å². The minimum Gasteiger partial charge on any atom is -0.479 e. The van der Waals surface area contributed by atoms with Gasteiger partial charge in [0.2, 0.25) is 5.91 Å². The van der Waals surface area contributed by atoms with Crippen LogP contribution in [-0.2, 0) is 14.3 Å². The molecular formula is C18H31N3O6. The Morgan fingerprint density at radius 2 is 1.78 bits per heavy atom. The minimum atomic E-state index is -1.68. The summed E-state index contributed by atoms with van der Waals surface area (Å²) < 4.78 is 5.26. The van der Waals surface area contributed by atoms with E-state index in [9.17, 15) is 19.5 Å². The Labute approximate surface area is 159 Å². The molecule has 1 saturated heterocycles. The van der Waals surface area contributed by atoms with Crippen LogP contribution >= 0.6 is 0 Å². The van der Waals surface area contributed by atoms with Crippen molar-refractivity contribution in [2.75, 3.05) is 26.3 Å². The summed E-state index contributed by atoms with van der Waals surface area (Å²) in [5.41, 5.74) is -1.07. The van der Waals surface area contributed by atoms with Gasteiger partial charge in [-0.1, -0.05) is 32.6 Å². The monoisotopic (exact) mass is 385 g/mol. The maximum absolute atomic E-state index is 13.1. The number of nitrogens with zero attached hydrogens (tertiary/aromatic N) is 1. The second-order valence-corrected chi connectivity index (χ2v) is 7.32. The molecule has 154 valence electrons. The molecule has 4 N–H and O–H groups in total. The number of carboxylic acids is 1. The first kappa shape index (κ1) is 21.4.